The zero-order chi connectivity index (χ0) is 17.5. The average Bonchev–Trinajstić information content (AvgIpc) is 2.59. The second-order valence-electron chi connectivity index (χ2n) is 5.87. The summed E-state index contributed by atoms with van der Waals surface area (Å²) in [6.45, 7) is 6.33. The van der Waals surface area contributed by atoms with Crippen LogP contribution < -0.4 is 10.1 Å². The zero-order valence-electron chi connectivity index (χ0n) is 14.7. The van der Waals surface area contributed by atoms with Crippen LogP contribution >= 0.6 is 11.8 Å². The molecular formula is C20H25NO2S. The molecule has 3 nitrogen and oxygen atoms in total. The number of hydrogen-bond donors (Lipinski definition) is 1. The molecule has 1 amide bonds. The van der Waals surface area contributed by atoms with Gasteiger partial charge in [0.15, 0.2) is 0 Å². The highest BCUT2D eigenvalue weighted by Crippen LogP contribution is 2.27. The maximum Gasteiger partial charge on any atom is 0.252 e. The van der Waals surface area contributed by atoms with Crippen molar-refractivity contribution in [2.75, 3.05) is 7.11 Å². The molecule has 0 spiro atoms. The Morgan fingerprint density at radius 2 is 1.79 bits per heavy atom. The normalized spacial score (nSPS) is 12.0. The molecule has 1 N–H and O–H groups in total. The Morgan fingerprint density at radius 1 is 1.12 bits per heavy atom. The van der Waals surface area contributed by atoms with Crippen LogP contribution in [0.4, 0.5) is 0 Å². The second kappa shape index (κ2) is 8.78. The quantitative estimate of drug-likeness (QED) is 0.713. The van der Waals surface area contributed by atoms with Gasteiger partial charge in [0.1, 0.15) is 5.75 Å². The van der Waals surface area contributed by atoms with Gasteiger partial charge in [-0.25, -0.2) is 0 Å². The highest BCUT2D eigenvalue weighted by molar-refractivity contribution is 8.00. The van der Waals surface area contributed by atoms with Crippen molar-refractivity contribution in [2.24, 2.45) is 0 Å². The van der Waals surface area contributed by atoms with Crippen molar-refractivity contribution >= 4 is 17.7 Å². The first-order chi connectivity index (χ1) is 11.5. The summed E-state index contributed by atoms with van der Waals surface area (Å²) >= 11 is 1.71. The van der Waals surface area contributed by atoms with E-state index in [4.69, 9.17) is 4.74 Å². The van der Waals surface area contributed by atoms with E-state index in [9.17, 15) is 4.79 Å². The molecule has 2 aromatic rings. The monoisotopic (exact) mass is 343 g/mol. The topological polar surface area (TPSA) is 38.3 Å². The van der Waals surface area contributed by atoms with Crippen LogP contribution in [0.2, 0.25) is 0 Å². The van der Waals surface area contributed by atoms with E-state index in [1.807, 2.05) is 48.5 Å². The van der Waals surface area contributed by atoms with E-state index in [-0.39, 0.29) is 11.9 Å². The molecule has 0 fully saturated rings. The van der Waals surface area contributed by atoms with Gasteiger partial charge < -0.3 is 10.1 Å². The van der Waals surface area contributed by atoms with Crippen LogP contribution in [0.1, 0.15) is 49.2 Å². The molecule has 24 heavy (non-hydrogen) atoms. The highest BCUT2D eigenvalue weighted by atomic mass is 32.2. The van der Waals surface area contributed by atoms with Crippen molar-refractivity contribution in [1.82, 2.24) is 5.32 Å². The summed E-state index contributed by atoms with van der Waals surface area (Å²) in [7, 11) is 1.65. The van der Waals surface area contributed by atoms with Gasteiger partial charge in [-0.3, -0.25) is 4.79 Å². The smallest absolute Gasteiger partial charge is 0.252 e. The molecule has 0 aromatic heterocycles. The summed E-state index contributed by atoms with van der Waals surface area (Å²) in [5.41, 5.74) is 1.82. The predicted octanol–water partition coefficient (Wildman–Crippen LogP) is 5.08. The van der Waals surface area contributed by atoms with Crippen LogP contribution in [0.15, 0.2) is 53.4 Å². The van der Waals surface area contributed by atoms with Crippen molar-refractivity contribution in [3.8, 4) is 5.75 Å². The van der Waals surface area contributed by atoms with E-state index in [1.54, 1.807) is 18.9 Å². The molecular weight excluding hydrogens is 318 g/mol. The lowest BCUT2D eigenvalue weighted by molar-refractivity contribution is 0.0932. The molecule has 1 atom stereocenters. The Balaban J connectivity index is 2.17. The first kappa shape index (κ1) is 18.4. The maximum absolute atomic E-state index is 12.8. The van der Waals surface area contributed by atoms with Crippen LogP contribution in [-0.4, -0.2) is 18.3 Å². The molecule has 0 saturated heterocycles. The van der Waals surface area contributed by atoms with Crippen LogP contribution in [0.5, 0.6) is 5.75 Å². The Morgan fingerprint density at radius 3 is 2.38 bits per heavy atom. The highest BCUT2D eigenvalue weighted by Gasteiger charge is 2.17. The Labute approximate surface area is 148 Å². The number of carbonyl (C=O) groups is 1. The minimum absolute atomic E-state index is 0.0134. The molecule has 0 aliphatic carbocycles. The number of methoxy groups -OCH3 is 1. The standard InChI is InChI=1S/C20H25NO2S/c1-5-18(15-10-12-16(23-4)13-11-15)21-20(22)17-8-6-7-9-19(17)24-14(2)3/h6-14,18H,5H2,1-4H3,(H,21,22)/t18-/m1/s1. The van der Waals surface area contributed by atoms with Crippen LogP contribution in [0, 0.1) is 0 Å². The summed E-state index contributed by atoms with van der Waals surface area (Å²) in [5, 5.41) is 3.59. The SMILES string of the molecule is CC[C@@H](NC(=O)c1ccccc1SC(C)C)c1ccc(OC)cc1. The van der Waals surface area contributed by atoms with E-state index < -0.39 is 0 Å². The fraction of sp³-hybridized carbons (Fsp3) is 0.350. The maximum atomic E-state index is 12.8. The van der Waals surface area contributed by atoms with Crippen molar-refractivity contribution in [2.45, 2.75) is 43.4 Å². The summed E-state index contributed by atoms with van der Waals surface area (Å²) in [5.74, 6) is 0.792. The summed E-state index contributed by atoms with van der Waals surface area (Å²) in [4.78, 5) is 13.8. The molecule has 0 heterocycles. The average molecular weight is 343 g/mol. The number of benzene rings is 2. The first-order valence-corrected chi connectivity index (χ1v) is 9.13. The molecule has 0 radical (unpaired) electrons. The lowest BCUT2D eigenvalue weighted by Gasteiger charge is -2.19. The number of amides is 1. The van der Waals surface area contributed by atoms with Gasteiger partial charge in [0.2, 0.25) is 0 Å². The minimum atomic E-state index is -0.0265. The molecule has 0 aliphatic rings. The summed E-state index contributed by atoms with van der Waals surface area (Å²) in [6, 6.07) is 15.6. The van der Waals surface area contributed by atoms with E-state index in [0.29, 0.717) is 5.25 Å². The van der Waals surface area contributed by atoms with Crippen LogP contribution in [-0.2, 0) is 0 Å². The number of carbonyl (C=O) groups excluding carboxylic acids is 1. The van der Waals surface area contributed by atoms with Gasteiger partial charge in [0.25, 0.3) is 5.91 Å². The number of thioether (sulfide) groups is 1. The third-order valence-corrected chi connectivity index (χ3v) is 4.81. The van der Waals surface area contributed by atoms with Gasteiger partial charge in [0.05, 0.1) is 18.7 Å². The van der Waals surface area contributed by atoms with Gasteiger partial charge in [-0.1, -0.05) is 45.0 Å². The number of rotatable bonds is 7. The minimum Gasteiger partial charge on any atom is -0.497 e. The Kier molecular flexibility index (Phi) is 6.73. The molecule has 0 aliphatic heterocycles. The number of nitrogens with one attached hydrogen (secondary N) is 1. The van der Waals surface area contributed by atoms with Crippen molar-refractivity contribution < 1.29 is 9.53 Å². The third-order valence-electron chi connectivity index (χ3n) is 3.73. The van der Waals surface area contributed by atoms with Crippen molar-refractivity contribution in [3.63, 3.8) is 0 Å². The molecule has 2 rings (SSSR count). The first-order valence-electron chi connectivity index (χ1n) is 8.25. The summed E-state index contributed by atoms with van der Waals surface area (Å²) in [6.07, 6.45) is 0.831. The van der Waals surface area contributed by atoms with Crippen LogP contribution in [0.3, 0.4) is 0 Å². The lowest BCUT2D eigenvalue weighted by Crippen LogP contribution is -2.28. The van der Waals surface area contributed by atoms with Gasteiger partial charge in [-0.2, -0.15) is 0 Å². The molecule has 0 saturated carbocycles. The predicted molar refractivity (Wildman–Crippen MR) is 101 cm³/mol. The van der Waals surface area contributed by atoms with Gasteiger partial charge in [0, 0.05) is 10.1 Å². The lowest BCUT2D eigenvalue weighted by atomic mass is 10.0. The van der Waals surface area contributed by atoms with E-state index in [2.05, 4.69) is 26.1 Å². The van der Waals surface area contributed by atoms with Crippen molar-refractivity contribution in [3.05, 3.63) is 59.7 Å². The largest absolute Gasteiger partial charge is 0.497 e. The fourth-order valence-corrected chi connectivity index (χ4v) is 3.46. The van der Waals surface area contributed by atoms with Gasteiger partial charge >= 0.3 is 0 Å². The summed E-state index contributed by atoms with van der Waals surface area (Å²) < 4.78 is 5.20. The number of ether oxygens (including phenoxy) is 1. The van der Waals surface area contributed by atoms with Gasteiger partial charge in [-0.05, 0) is 36.2 Å². The van der Waals surface area contributed by atoms with Crippen LogP contribution in [0.25, 0.3) is 0 Å². The van der Waals surface area contributed by atoms with Crippen molar-refractivity contribution in [1.29, 1.82) is 0 Å². The molecule has 2 aromatic carbocycles. The van der Waals surface area contributed by atoms with E-state index >= 15 is 0 Å². The molecule has 128 valence electrons. The second-order valence-corrected chi connectivity index (χ2v) is 7.49. The van der Waals surface area contributed by atoms with E-state index in [1.165, 1.54) is 0 Å². The molecule has 4 heteroatoms. The Bertz CT molecular complexity index is 668. The number of hydrogen-bond acceptors (Lipinski definition) is 3. The Hall–Kier alpha value is -1.94. The van der Waals surface area contributed by atoms with E-state index in [0.717, 1.165) is 28.2 Å². The zero-order valence-corrected chi connectivity index (χ0v) is 15.5. The van der Waals surface area contributed by atoms with Gasteiger partial charge in [-0.15, -0.1) is 11.8 Å². The fourth-order valence-electron chi connectivity index (χ4n) is 2.50. The molecule has 0 bridgehead atoms. The third kappa shape index (κ3) is 4.78. The molecule has 0 unspecified atom stereocenters.